The lowest BCUT2D eigenvalue weighted by Gasteiger charge is -2.30. The van der Waals surface area contributed by atoms with Gasteiger partial charge in [-0.05, 0) is 12.8 Å². The second-order valence-corrected chi connectivity index (χ2v) is 7.11. The van der Waals surface area contributed by atoms with Gasteiger partial charge < -0.3 is 14.8 Å². The fourth-order valence-corrected chi connectivity index (χ4v) is 3.51. The van der Waals surface area contributed by atoms with Crippen LogP contribution < -0.4 is 5.32 Å². The minimum absolute atomic E-state index is 0.0207. The molecule has 12 nitrogen and oxygen atoms in total. The summed E-state index contributed by atoms with van der Waals surface area (Å²) in [5.74, 6) is -0.0715. The number of carbonyl (C=O) groups excluding carboxylic acids is 2. The first-order valence-electron chi connectivity index (χ1n) is 7.77. The standard InChI is InChI=1S/C13H18N6O6S/c1-17-5-4-15-10(17)6-11(20)16-12(14)9-3-2-8-7-18(9)13(21)19(8)25-26(22,23)24/h4-5,8-9H,2-3,6-7H2,1H3,(H2,14,16,20)(H,22,23,24)/t8-,9+/m1/s1. The molecule has 0 aliphatic carbocycles. The lowest BCUT2D eigenvalue weighted by Crippen LogP contribution is -2.51. The van der Waals surface area contributed by atoms with E-state index in [9.17, 15) is 18.0 Å². The van der Waals surface area contributed by atoms with Gasteiger partial charge >= 0.3 is 16.4 Å². The Labute approximate surface area is 149 Å². The number of carbonyl (C=O) groups is 2. The average molecular weight is 386 g/mol. The van der Waals surface area contributed by atoms with Crippen molar-refractivity contribution in [1.29, 1.82) is 5.41 Å². The minimum Gasteiger partial charge on any atom is -0.338 e. The number of piperidine rings is 1. The summed E-state index contributed by atoms with van der Waals surface area (Å²) in [5.41, 5.74) is 0. The molecule has 0 spiro atoms. The van der Waals surface area contributed by atoms with E-state index in [1.807, 2.05) is 0 Å². The number of nitrogens with one attached hydrogen (secondary N) is 2. The molecule has 0 unspecified atom stereocenters. The molecule has 2 fully saturated rings. The third-order valence-electron chi connectivity index (χ3n) is 4.34. The molecule has 3 rings (SSSR count). The molecule has 2 saturated heterocycles. The lowest BCUT2D eigenvalue weighted by atomic mass is 10.00. The molecule has 3 heterocycles. The van der Waals surface area contributed by atoms with E-state index >= 15 is 0 Å². The maximum absolute atomic E-state index is 12.3. The van der Waals surface area contributed by atoms with Gasteiger partial charge in [-0.3, -0.25) is 14.8 Å². The minimum atomic E-state index is -4.82. The van der Waals surface area contributed by atoms with Gasteiger partial charge in [-0.2, -0.15) is 13.5 Å². The molecule has 13 heteroatoms. The maximum Gasteiger partial charge on any atom is 0.418 e. The number of hydrogen-bond acceptors (Lipinski definition) is 7. The van der Waals surface area contributed by atoms with Crippen molar-refractivity contribution in [2.45, 2.75) is 31.3 Å². The van der Waals surface area contributed by atoms with Crippen LogP contribution in [-0.2, 0) is 32.9 Å². The Hall–Kier alpha value is -2.51. The zero-order valence-electron chi connectivity index (χ0n) is 13.8. The third-order valence-corrected chi connectivity index (χ3v) is 4.69. The van der Waals surface area contributed by atoms with Crippen molar-refractivity contribution in [1.82, 2.24) is 24.8 Å². The summed E-state index contributed by atoms with van der Waals surface area (Å²) in [6.45, 7) is 0.136. The Kier molecular flexibility index (Phi) is 4.68. The van der Waals surface area contributed by atoms with Crippen molar-refractivity contribution < 1.29 is 26.8 Å². The van der Waals surface area contributed by atoms with E-state index in [0.29, 0.717) is 23.7 Å². The normalized spacial score (nSPS) is 22.6. The number of urea groups is 1. The number of fused-ring (bicyclic) bond motifs is 2. The van der Waals surface area contributed by atoms with Gasteiger partial charge in [0.2, 0.25) is 5.91 Å². The van der Waals surface area contributed by atoms with E-state index in [4.69, 9.17) is 9.96 Å². The predicted molar refractivity (Wildman–Crippen MR) is 86.2 cm³/mol. The van der Waals surface area contributed by atoms with Gasteiger partial charge in [-0.1, -0.05) is 0 Å². The second kappa shape index (κ2) is 6.66. The smallest absolute Gasteiger partial charge is 0.338 e. The van der Waals surface area contributed by atoms with Crippen LogP contribution in [0.3, 0.4) is 0 Å². The van der Waals surface area contributed by atoms with E-state index in [2.05, 4.69) is 14.6 Å². The van der Waals surface area contributed by atoms with Crippen molar-refractivity contribution in [2.75, 3.05) is 6.54 Å². The van der Waals surface area contributed by atoms with Gasteiger partial charge in [0, 0.05) is 26.0 Å². The number of nitrogens with zero attached hydrogens (tertiary/aromatic N) is 4. The summed E-state index contributed by atoms with van der Waals surface area (Å²) in [5, 5.41) is 11.2. The highest BCUT2D eigenvalue weighted by Gasteiger charge is 2.48. The molecule has 1 aromatic heterocycles. The average Bonchev–Trinajstić information content (AvgIpc) is 3.03. The number of hydroxylamine groups is 2. The fourth-order valence-electron chi connectivity index (χ4n) is 3.12. The maximum atomic E-state index is 12.3. The second-order valence-electron chi connectivity index (χ2n) is 6.10. The summed E-state index contributed by atoms with van der Waals surface area (Å²) in [7, 11) is -3.08. The summed E-state index contributed by atoms with van der Waals surface area (Å²) in [6.07, 6.45) is 3.94. The third kappa shape index (κ3) is 3.68. The number of amidine groups is 1. The Morgan fingerprint density at radius 1 is 1.50 bits per heavy atom. The van der Waals surface area contributed by atoms with Crippen LogP contribution in [-0.4, -0.2) is 68.9 Å². The predicted octanol–water partition coefficient (Wildman–Crippen LogP) is -0.941. The van der Waals surface area contributed by atoms with E-state index in [1.165, 1.54) is 4.90 Å². The topological polar surface area (TPSA) is 158 Å². The first kappa shape index (κ1) is 18.3. The quantitative estimate of drug-likeness (QED) is 0.335. The van der Waals surface area contributed by atoms with Gasteiger partial charge in [-0.25, -0.2) is 9.78 Å². The molecule has 2 aliphatic heterocycles. The van der Waals surface area contributed by atoms with Crippen LogP contribution in [0.5, 0.6) is 0 Å². The SMILES string of the molecule is Cn1ccnc1CC(=O)NC(=N)[C@@H]1CC[C@@H]2CN1C(=O)N2OS(=O)(=O)O. The van der Waals surface area contributed by atoms with Crippen LogP contribution in [0.1, 0.15) is 18.7 Å². The number of aromatic nitrogens is 2. The zero-order valence-corrected chi connectivity index (χ0v) is 14.6. The van der Waals surface area contributed by atoms with Gasteiger partial charge in [0.25, 0.3) is 0 Å². The summed E-state index contributed by atoms with van der Waals surface area (Å²) < 4.78 is 36.5. The Balaban J connectivity index is 1.63. The molecule has 3 N–H and O–H groups in total. The summed E-state index contributed by atoms with van der Waals surface area (Å²) in [4.78, 5) is 29.7. The molecular formula is C13H18N6O6S. The van der Waals surface area contributed by atoms with Gasteiger partial charge in [0.1, 0.15) is 11.7 Å². The molecule has 2 bridgehead atoms. The van der Waals surface area contributed by atoms with E-state index in [-0.39, 0.29) is 18.8 Å². The largest absolute Gasteiger partial charge is 0.418 e. The first-order chi connectivity index (χ1) is 12.2. The van der Waals surface area contributed by atoms with Gasteiger partial charge in [0.15, 0.2) is 0 Å². The van der Waals surface area contributed by atoms with E-state index in [0.717, 1.165) is 0 Å². The highest BCUT2D eigenvalue weighted by atomic mass is 32.3. The number of hydrogen-bond donors (Lipinski definition) is 3. The Bertz CT molecular complexity index is 851. The van der Waals surface area contributed by atoms with Crippen LogP contribution >= 0.6 is 0 Å². The first-order valence-corrected chi connectivity index (χ1v) is 9.13. The van der Waals surface area contributed by atoms with Crippen LogP contribution in [0.15, 0.2) is 12.4 Å². The molecular weight excluding hydrogens is 368 g/mol. The highest BCUT2D eigenvalue weighted by Crippen LogP contribution is 2.30. The lowest BCUT2D eigenvalue weighted by molar-refractivity contribution is -0.119. The molecule has 0 radical (unpaired) electrons. The zero-order chi connectivity index (χ0) is 19.1. The number of imidazole rings is 1. The van der Waals surface area contributed by atoms with Crippen LogP contribution in [0.25, 0.3) is 0 Å². The number of rotatable bonds is 5. The van der Waals surface area contributed by atoms with Crippen molar-refractivity contribution in [3.8, 4) is 0 Å². The molecule has 142 valence electrons. The molecule has 0 aromatic carbocycles. The van der Waals surface area contributed by atoms with Crippen molar-refractivity contribution in [3.05, 3.63) is 18.2 Å². The Morgan fingerprint density at radius 2 is 2.23 bits per heavy atom. The number of amides is 3. The van der Waals surface area contributed by atoms with Crippen molar-refractivity contribution in [3.63, 3.8) is 0 Å². The molecule has 1 aromatic rings. The van der Waals surface area contributed by atoms with E-state index in [1.54, 1.807) is 24.0 Å². The monoisotopic (exact) mass is 386 g/mol. The molecule has 2 aliphatic rings. The summed E-state index contributed by atoms with van der Waals surface area (Å²) >= 11 is 0. The summed E-state index contributed by atoms with van der Waals surface area (Å²) in [6, 6.07) is -2.03. The number of aryl methyl sites for hydroxylation is 1. The Morgan fingerprint density at radius 3 is 2.85 bits per heavy atom. The highest BCUT2D eigenvalue weighted by molar-refractivity contribution is 7.80. The molecule has 2 atom stereocenters. The van der Waals surface area contributed by atoms with Crippen LogP contribution in [0, 0.1) is 5.41 Å². The van der Waals surface area contributed by atoms with Crippen molar-refractivity contribution in [2.24, 2.45) is 7.05 Å². The molecule has 26 heavy (non-hydrogen) atoms. The molecule has 0 saturated carbocycles. The molecule has 3 amide bonds. The van der Waals surface area contributed by atoms with Gasteiger partial charge in [-0.15, -0.1) is 4.28 Å². The van der Waals surface area contributed by atoms with Crippen LogP contribution in [0.2, 0.25) is 0 Å². The van der Waals surface area contributed by atoms with Gasteiger partial charge in [0.05, 0.1) is 18.5 Å². The van der Waals surface area contributed by atoms with Crippen molar-refractivity contribution >= 4 is 28.2 Å². The fraction of sp³-hybridized carbons (Fsp3) is 0.538. The van der Waals surface area contributed by atoms with E-state index < -0.39 is 34.4 Å². The van der Waals surface area contributed by atoms with Crippen LogP contribution in [0.4, 0.5) is 4.79 Å².